The Labute approximate surface area is 164 Å². The van der Waals surface area contributed by atoms with Gasteiger partial charge in [-0.2, -0.15) is 14.9 Å². The summed E-state index contributed by atoms with van der Waals surface area (Å²) in [5.74, 6) is 1.29. The van der Waals surface area contributed by atoms with Gasteiger partial charge in [0.15, 0.2) is 11.5 Å². The molecule has 1 aromatic carbocycles. The van der Waals surface area contributed by atoms with E-state index in [1.165, 1.54) is 0 Å². The van der Waals surface area contributed by atoms with Crippen molar-refractivity contribution in [1.82, 2.24) is 14.9 Å². The summed E-state index contributed by atoms with van der Waals surface area (Å²) in [7, 11) is 0. The third kappa shape index (κ3) is 5.26. The lowest BCUT2D eigenvalue weighted by molar-refractivity contribution is 0.224. The third-order valence-corrected chi connectivity index (χ3v) is 3.78. The van der Waals surface area contributed by atoms with Crippen LogP contribution in [0.25, 0.3) is 0 Å². The van der Waals surface area contributed by atoms with Crippen LogP contribution < -0.4 is 15.0 Å². The standard InChI is InChI=1S/C19H26N4O3S/c1-7-25-15-10-13(8-9-14(15)26-12(2)3)11-20-23-17(24)16(19(4,5)6)21-22-18(23)27/h8-12H,7H2,1-6H3,(H,22,27)/b20-11-. The number of hydrogen-bond acceptors (Lipinski definition) is 6. The van der Waals surface area contributed by atoms with E-state index in [2.05, 4.69) is 15.3 Å². The molecular weight excluding hydrogens is 364 g/mol. The molecule has 1 aromatic heterocycles. The van der Waals surface area contributed by atoms with Gasteiger partial charge in [-0.05, 0) is 56.8 Å². The van der Waals surface area contributed by atoms with Crippen LogP contribution in [-0.4, -0.2) is 33.8 Å². The van der Waals surface area contributed by atoms with Gasteiger partial charge >= 0.3 is 0 Å². The second-order valence-corrected chi connectivity index (χ2v) is 7.68. The van der Waals surface area contributed by atoms with E-state index in [-0.39, 0.29) is 16.4 Å². The van der Waals surface area contributed by atoms with E-state index in [0.29, 0.717) is 23.8 Å². The van der Waals surface area contributed by atoms with Crippen LogP contribution in [0.4, 0.5) is 0 Å². The molecule has 0 unspecified atom stereocenters. The third-order valence-electron chi connectivity index (χ3n) is 3.51. The molecule has 1 N–H and O–H groups in total. The molecule has 0 aliphatic carbocycles. The zero-order chi connectivity index (χ0) is 20.2. The summed E-state index contributed by atoms with van der Waals surface area (Å²) < 4.78 is 12.7. The Morgan fingerprint density at radius 2 is 2.04 bits per heavy atom. The molecule has 0 saturated heterocycles. The quantitative estimate of drug-likeness (QED) is 0.601. The Hall–Kier alpha value is -2.48. The highest BCUT2D eigenvalue weighted by Crippen LogP contribution is 2.29. The lowest BCUT2D eigenvalue weighted by Gasteiger charge is -2.16. The Morgan fingerprint density at radius 3 is 2.63 bits per heavy atom. The maximum atomic E-state index is 12.7. The highest BCUT2D eigenvalue weighted by atomic mass is 32.1. The van der Waals surface area contributed by atoms with Gasteiger partial charge in [0, 0.05) is 5.41 Å². The summed E-state index contributed by atoms with van der Waals surface area (Å²) in [5, 5.41) is 11.0. The van der Waals surface area contributed by atoms with Crippen molar-refractivity contribution in [2.45, 2.75) is 53.1 Å². The van der Waals surface area contributed by atoms with Crippen molar-refractivity contribution in [3.05, 3.63) is 44.6 Å². The molecule has 0 fully saturated rings. The number of nitrogens with one attached hydrogen (secondary N) is 1. The Bertz CT molecular complexity index is 939. The highest BCUT2D eigenvalue weighted by Gasteiger charge is 2.21. The molecule has 0 amide bonds. The number of H-pyrrole nitrogens is 1. The highest BCUT2D eigenvalue weighted by molar-refractivity contribution is 7.71. The van der Waals surface area contributed by atoms with Crippen LogP contribution in [-0.2, 0) is 5.41 Å². The normalized spacial score (nSPS) is 12.0. The van der Waals surface area contributed by atoms with Gasteiger partial charge in [-0.25, -0.2) is 0 Å². The minimum Gasteiger partial charge on any atom is -0.490 e. The van der Waals surface area contributed by atoms with Crippen LogP contribution in [0.3, 0.4) is 0 Å². The zero-order valence-electron chi connectivity index (χ0n) is 16.6. The molecule has 8 heteroatoms. The number of aromatic amines is 1. The van der Waals surface area contributed by atoms with Crippen molar-refractivity contribution in [1.29, 1.82) is 0 Å². The maximum absolute atomic E-state index is 12.7. The predicted molar refractivity (Wildman–Crippen MR) is 109 cm³/mol. The summed E-state index contributed by atoms with van der Waals surface area (Å²) in [6, 6.07) is 5.48. The van der Waals surface area contributed by atoms with Crippen molar-refractivity contribution >= 4 is 18.4 Å². The average Bonchev–Trinajstić information content (AvgIpc) is 2.55. The Kier molecular flexibility index (Phi) is 6.54. The van der Waals surface area contributed by atoms with Crippen LogP contribution in [0.15, 0.2) is 28.1 Å². The van der Waals surface area contributed by atoms with E-state index in [1.807, 2.05) is 59.7 Å². The predicted octanol–water partition coefficient (Wildman–Crippen LogP) is 3.67. The summed E-state index contributed by atoms with van der Waals surface area (Å²) in [6.45, 7) is 12.0. The molecule has 1 heterocycles. The van der Waals surface area contributed by atoms with E-state index in [9.17, 15) is 4.79 Å². The van der Waals surface area contributed by atoms with Gasteiger partial charge in [0.2, 0.25) is 4.77 Å². The number of hydrogen-bond donors (Lipinski definition) is 1. The van der Waals surface area contributed by atoms with Crippen molar-refractivity contribution in [2.24, 2.45) is 5.10 Å². The first-order chi connectivity index (χ1) is 12.6. The number of nitrogens with zero attached hydrogens (tertiary/aromatic N) is 3. The van der Waals surface area contributed by atoms with Crippen LogP contribution in [0.5, 0.6) is 11.5 Å². The maximum Gasteiger partial charge on any atom is 0.297 e. The molecule has 0 radical (unpaired) electrons. The van der Waals surface area contributed by atoms with Gasteiger partial charge in [0.05, 0.1) is 18.9 Å². The molecule has 0 aliphatic rings. The van der Waals surface area contributed by atoms with E-state index in [0.717, 1.165) is 10.2 Å². The fourth-order valence-electron chi connectivity index (χ4n) is 2.33. The molecular formula is C19H26N4O3S. The molecule has 0 saturated carbocycles. The van der Waals surface area contributed by atoms with Crippen molar-refractivity contribution < 1.29 is 9.47 Å². The lowest BCUT2D eigenvalue weighted by atomic mass is 9.93. The number of aromatic nitrogens is 3. The second-order valence-electron chi connectivity index (χ2n) is 7.29. The van der Waals surface area contributed by atoms with Crippen LogP contribution in [0.1, 0.15) is 52.8 Å². The van der Waals surface area contributed by atoms with Crippen molar-refractivity contribution in [3.8, 4) is 11.5 Å². The lowest BCUT2D eigenvalue weighted by Crippen LogP contribution is -2.32. The summed E-state index contributed by atoms with van der Waals surface area (Å²) in [6.07, 6.45) is 1.59. The van der Waals surface area contributed by atoms with Gasteiger partial charge in [-0.15, -0.1) is 0 Å². The molecule has 0 aliphatic heterocycles. The van der Waals surface area contributed by atoms with Gasteiger partial charge in [-0.3, -0.25) is 9.89 Å². The van der Waals surface area contributed by atoms with E-state index in [1.54, 1.807) is 6.21 Å². The first kappa shape index (κ1) is 20.8. The van der Waals surface area contributed by atoms with Gasteiger partial charge < -0.3 is 9.47 Å². The van der Waals surface area contributed by atoms with E-state index >= 15 is 0 Å². The SMILES string of the molecule is CCOc1cc(/C=N\n2c(=S)[nH]nc(C(C)(C)C)c2=O)ccc1OC(C)C. The average molecular weight is 391 g/mol. The molecule has 0 spiro atoms. The molecule has 0 bridgehead atoms. The molecule has 27 heavy (non-hydrogen) atoms. The van der Waals surface area contributed by atoms with Gasteiger partial charge in [0.25, 0.3) is 5.56 Å². The van der Waals surface area contributed by atoms with Crippen LogP contribution >= 0.6 is 12.2 Å². The number of benzene rings is 1. The summed E-state index contributed by atoms with van der Waals surface area (Å²) in [4.78, 5) is 12.7. The van der Waals surface area contributed by atoms with Crippen LogP contribution in [0.2, 0.25) is 0 Å². The minimum absolute atomic E-state index is 0.0354. The molecule has 146 valence electrons. The minimum atomic E-state index is -0.425. The van der Waals surface area contributed by atoms with Crippen molar-refractivity contribution in [3.63, 3.8) is 0 Å². The molecule has 0 atom stereocenters. The Morgan fingerprint density at radius 1 is 1.33 bits per heavy atom. The Balaban J connectivity index is 2.43. The fourth-order valence-corrected chi connectivity index (χ4v) is 2.51. The molecule has 2 rings (SSSR count). The van der Waals surface area contributed by atoms with Gasteiger partial charge in [-0.1, -0.05) is 20.8 Å². The first-order valence-electron chi connectivity index (χ1n) is 8.83. The topological polar surface area (TPSA) is 81.5 Å². The monoisotopic (exact) mass is 390 g/mol. The van der Waals surface area contributed by atoms with Crippen LogP contribution in [0, 0.1) is 4.77 Å². The number of ether oxygens (including phenoxy) is 2. The summed E-state index contributed by atoms with van der Waals surface area (Å²) in [5.41, 5.74) is 0.354. The summed E-state index contributed by atoms with van der Waals surface area (Å²) >= 11 is 5.16. The van der Waals surface area contributed by atoms with Gasteiger partial charge in [0.1, 0.15) is 5.69 Å². The second kappa shape index (κ2) is 8.47. The van der Waals surface area contributed by atoms with Crippen molar-refractivity contribution in [2.75, 3.05) is 6.61 Å². The van der Waals surface area contributed by atoms with E-state index < -0.39 is 5.41 Å². The largest absolute Gasteiger partial charge is 0.490 e. The molecule has 2 aromatic rings. The number of rotatable bonds is 6. The smallest absolute Gasteiger partial charge is 0.297 e. The van der Waals surface area contributed by atoms with E-state index in [4.69, 9.17) is 21.7 Å². The zero-order valence-corrected chi connectivity index (χ0v) is 17.4. The fraction of sp³-hybridized carbons (Fsp3) is 0.474. The first-order valence-corrected chi connectivity index (χ1v) is 9.24. The molecule has 7 nitrogen and oxygen atoms in total.